The number of hydrogen-bond acceptors (Lipinski definition) is 4. The topological polar surface area (TPSA) is 97.1 Å². The van der Waals surface area contributed by atoms with E-state index in [-0.39, 0.29) is 12.3 Å². The fourth-order valence-electron chi connectivity index (χ4n) is 1.67. The van der Waals surface area contributed by atoms with Crippen LogP contribution in [-0.4, -0.2) is 32.0 Å². The molecular weight excluding hydrogens is 260 g/mol. The van der Waals surface area contributed by atoms with Gasteiger partial charge in [-0.05, 0) is 17.7 Å². The fraction of sp³-hybridized carbons (Fsp3) is 0.231. The largest absolute Gasteiger partial charge is 0.481 e. The van der Waals surface area contributed by atoms with Gasteiger partial charge in [-0.15, -0.1) is 5.10 Å². The molecule has 0 bridgehead atoms. The molecule has 2 rings (SSSR count). The Hall–Kier alpha value is -2.70. The highest BCUT2D eigenvalue weighted by Gasteiger charge is 2.04. The van der Waals surface area contributed by atoms with Crippen molar-refractivity contribution in [1.82, 2.24) is 15.0 Å². The van der Waals surface area contributed by atoms with Crippen LogP contribution in [0.25, 0.3) is 0 Å². The maximum atomic E-state index is 11.7. The summed E-state index contributed by atoms with van der Waals surface area (Å²) in [6, 6.07) is 6.74. The molecule has 0 saturated carbocycles. The van der Waals surface area contributed by atoms with E-state index in [2.05, 4.69) is 15.6 Å². The maximum absolute atomic E-state index is 11.7. The summed E-state index contributed by atoms with van der Waals surface area (Å²) in [6.45, 7) is 0.461. The molecule has 0 spiro atoms. The smallest absolute Gasteiger partial charge is 0.307 e. The van der Waals surface area contributed by atoms with E-state index >= 15 is 0 Å². The van der Waals surface area contributed by atoms with Crippen molar-refractivity contribution in [3.8, 4) is 0 Å². The van der Waals surface area contributed by atoms with Gasteiger partial charge in [0.2, 0.25) is 5.91 Å². The van der Waals surface area contributed by atoms with E-state index in [1.807, 2.05) is 0 Å². The lowest BCUT2D eigenvalue weighted by atomic mass is 10.1. The molecule has 7 heteroatoms. The Balaban J connectivity index is 1.83. The molecule has 0 fully saturated rings. The van der Waals surface area contributed by atoms with E-state index in [0.717, 1.165) is 0 Å². The quantitative estimate of drug-likeness (QED) is 0.816. The first kappa shape index (κ1) is 13.7. The molecule has 0 saturated heterocycles. The number of carbonyl (C=O) groups excluding carboxylic acids is 1. The number of carboxylic acid groups (broad SMARTS) is 1. The van der Waals surface area contributed by atoms with Crippen LogP contribution in [0.5, 0.6) is 0 Å². The molecule has 1 aromatic carbocycles. The molecule has 0 unspecified atom stereocenters. The molecule has 0 aliphatic rings. The summed E-state index contributed by atoms with van der Waals surface area (Å²) in [5, 5.41) is 18.8. The first-order valence-electron chi connectivity index (χ1n) is 6.08. The van der Waals surface area contributed by atoms with Gasteiger partial charge in [-0.3, -0.25) is 14.3 Å². The Morgan fingerprint density at radius 3 is 2.60 bits per heavy atom. The summed E-state index contributed by atoms with van der Waals surface area (Å²) < 4.78 is 1.58. The Morgan fingerprint density at radius 2 is 2.00 bits per heavy atom. The van der Waals surface area contributed by atoms with Crippen molar-refractivity contribution in [3.63, 3.8) is 0 Å². The Labute approximate surface area is 115 Å². The standard InChI is InChI=1S/C13H14N4O3/c18-12(5-7-17-8-6-14-16-17)15-11-3-1-10(2-4-11)9-13(19)20/h1-4,6,8H,5,7,9H2,(H,15,18)(H,19,20). The third kappa shape index (κ3) is 4.20. The van der Waals surface area contributed by atoms with Gasteiger partial charge in [-0.2, -0.15) is 0 Å². The fourth-order valence-corrected chi connectivity index (χ4v) is 1.67. The van der Waals surface area contributed by atoms with E-state index in [1.165, 1.54) is 0 Å². The predicted octanol–water partition coefficient (Wildman–Crippen LogP) is 0.934. The van der Waals surface area contributed by atoms with Crippen molar-refractivity contribution in [2.45, 2.75) is 19.4 Å². The summed E-state index contributed by atoms with van der Waals surface area (Å²) in [5.74, 6) is -1.01. The van der Waals surface area contributed by atoms with Crippen molar-refractivity contribution >= 4 is 17.6 Å². The van der Waals surface area contributed by atoms with Gasteiger partial charge in [0.25, 0.3) is 0 Å². The zero-order valence-corrected chi connectivity index (χ0v) is 10.7. The minimum absolute atomic E-state index is 0.0273. The molecule has 2 aromatic rings. The first-order valence-corrected chi connectivity index (χ1v) is 6.08. The van der Waals surface area contributed by atoms with Gasteiger partial charge in [-0.25, -0.2) is 0 Å². The monoisotopic (exact) mass is 274 g/mol. The van der Waals surface area contributed by atoms with Gasteiger partial charge in [0.15, 0.2) is 0 Å². The molecule has 104 valence electrons. The van der Waals surface area contributed by atoms with Crippen LogP contribution in [0.15, 0.2) is 36.7 Å². The number of amides is 1. The van der Waals surface area contributed by atoms with E-state index < -0.39 is 5.97 Å². The number of nitrogens with zero attached hydrogens (tertiary/aromatic N) is 3. The molecule has 0 aliphatic heterocycles. The summed E-state index contributed by atoms with van der Waals surface area (Å²) in [6.07, 6.45) is 3.51. The van der Waals surface area contributed by atoms with Gasteiger partial charge >= 0.3 is 5.97 Å². The number of nitrogens with one attached hydrogen (secondary N) is 1. The lowest BCUT2D eigenvalue weighted by Crippen LogP contribution is -2.14. The lowest BCUT2D eigenvalue weighted by molar-refractivity contribution is -0.136. The van der Waals surface area contributed by atoms with Gasteiger partial charge in [0.05, 0.1) is 19.2 Å². The van der Waals surface area contributed by atoms with Gasteiger partial charge < -0.3 is 10.4 Å². The Morgan fingerprint density at radius 1 is 1.25 bits per heavy atom. The molecule has 7 nitrogen and oxygen atoms in total. The number of benzene rings is 1. The highest BCUT2D eigenvalue weighted by molar-refractivity contribution is 5.90. The van der Waals surface area contributed by atoms with Crippen LogP contribution in [0, 0.1) is 0 Å². The van der Waals surface area contributed by atoms with Crippen molar-refractivity contribution in [2.24, 2.45) is 0 Å². The van der Waals surface area contributed by atoms with E-state index in [1.54, 1.807) is 41.3 Å². The number of aliphatic carboxylic acids is 1. The molecular formula is C13H14N4O3. The SMILES string of the molecule is O=C(O)Cc1ccc(NC(=O)CCn2ccnn2)cc1. The third-order valence-electron chi connectivity index (χ3n) is 2.63. The van der Waals surface area contributed by atoms with Crippen molar-refractivity contribution < 1.29 is 14.7 Å². The summed E-state index contributed by atoms with van der Waals surface area (Å²) in [7, 11) is 0. The number of carboxylic acids is 1. The van der Waals surface area contributed by atoms with Crippen LogP contribution in [-0.2, 0) is 22.6 Å². The molecule has 0 aliphatic carbocycles. The highest BCUT2D eigenvalue weighted by Crippen LogP contribution is 2.10. The lowest BCUT2D eigenvalue weighted by Gasteiger charge is -2.06. The maximum Gasteiger partial charge on any atom is 0.307 e. The van der Waals surface area contributed by atoms with Gasteiger partial charge in [0, 0.05) is 18.3 Å². The third-order valence-corrected chi connectivity index (χ3v) is 2.63. The normalized spacial score (nSPS) is 10.2. The molecule has 1 amide bonds. The van der Waals surface area contributed by atoms with E-state index in [9.17, 15) is 9.59 Å². The average Bonchev–Trinajstić information content (AvgIpc) is 2.91. The number of rotatable bonds is 6. The van der Waals surface area contributed by atoms with Crippen LogP contribution in [0.2, 0.25) is 0 Å². The van der Waals surface area contributed by atoms with Crippen LogP contribution < -0.4 is 5.32 Å². The van der Waals surface area contributed by atoms with E-state index in [4.69, 9.17) is 5.11 Å². The van der Waals surface area contributed by atoms with Crippen molar-refractivity contribution in [1.29, 1.82) is 0 Å². The van der Waals surface area contributed by atoms with Crippen molar-refractivity contribution in [3.05, 3.63) is 42.2 Å². The molecule has 20 heavy (non-hydrogen) atoms. The minimum Gasteiger partial charge on any atom is -0.481 e. The van der Waals surface area contributed by atoms with Crippen LogP contribution in [0.1, 0.15) is 12.0 Å². The van der Waals surface area contributed by atoms with Gasteiger partial charge in [0.1, 0.15) is 0 Å². The number of anilines is 1. The predicted molar refractivity (Wildman–Crippen MR) is 71.1 cm³/mol. The minimum atomic E-state index is -0.880. The number of carbonyl (C=O) groups is 2. The Bertz CT molecular complexity index is 578. The second-order valence-electron chi connectivity index (χ2n) is 4.23. The Kier molecular flexibility index (Phi) is 4.43. The van der Waals surface area contributed by atoms with Crippen LogP contribution >= 0.6 is 0 Å². The molecule has 0 radical (unpaired) electrons. The van der Waals surface area contributed by atoms with Crippen LogP contribution in [0.4, 0.5) is 5.69 Å². The number of hydrogen-bond donors (Lipinski definition) is 2. The average molecular weight is 274 g/mol. The summed E-state index contributed by atoms with van der Waals surface area (Å²) in [4.78, 5) is 22.2. The molecule has 1 aromatic heterocycles. The highest BCUT2D eigenvalue weighted by atomic mass is 16.4. The second kappa shape index (κ2) is 6.46. The molecule has 0 atom stereocenters. The zero-order valence-electron chi connectivity index (χ0n) is 10.7. The van der Waals surface area contributed by atoms with Gasteiger partial charge in [-0.1, -0.05) is 17.3 Å². The summed E-state index contributed by atoms with van der Waals surface area (Å²) in [5.41, 5.74) is 1.33. The first-order chi connectivity index (χ1) is 9.63. The van der Waals surface area contributed by atoms with Crippen LogP contribution in [0.3, 0.4) is 0 Å². The van der Waals surface area contributed by atoms with Crippen molar-refractivity contribution in [2.75, 3.05) is 5.32 Å². The number of aromatic nitrogens is 3. The molecule has 2 N–H and O–H groups in total. The van der Waals surface area contributed by atoms with E-state index in [0.29, 0.717) is 24.2 Å². The molecule has 1 heterocycles. The number of aryl methyl sites for hydroxylation is 1. The summed E-state index contributed by atoms with van der Waals surface area (Å²) >= 11 is 0. The zero-order chi connectivity index (χ0) is 14.4. The second-order valence-corrected chi connectivity index (χ2v) is 4.23.